The molecule has 1 N–H and O–H groups in total. The number of carbonyl (C=O) groups excluding carboxylic acids is 1. The van der Waals surface area contributed by atoms with E-state index in [0.717, 1.165) is 53.6 Å². The first-order valence-electron chi connectivity index (χ1n) is 10.1. The van der Waals surface area contributed by atoms with Gasteiger partial charge in [0.1, 0.15) is 0 Å². The van der Waals surface area contributed by atoms with E-state index in [4.69, 9.17) is 4.98 Å². The molecule has 4 heterocycles. The number of anilines is 1. The summed E-state index contributed by atoms with van der Waals surface area (Å²) in [7, 11) is 0. The highest BCUT2D eigenvalue weighted by Gasteiger charge is 2.29. The van der Waals surface area contributed by atoms with Crippen LogP contribution in [-0.2, 0) is 0 Å². The van der Waals surface area contributed by atoms with E-state index in [1.807, 2.05) is 40.7 Å². The number of likely N-dealkylation sites (tertiary alicyclic amines) is 1. The normalized spacial score (nSPS) is 17.3. The van der Waals surface area contributed by atoms with Crippen LogP contribution in [0.3, 0.4) is 0 Å². The topological polar surface area (TPSA) is 71.0 Å². The fourth-order valence-corrected chi connectivity index (χ4v) is 4.54. The average Bonchev–Trinajstić information content (AvgIpc) is 3.42. The Labute approximate surface area is 174 Å². The largest absolute Gasteiger partial charge is 0.351 e. The minimum atomic E-state index is 0.145. The second-order valence-corrected chi connectivity index (χ2v) is 8.64. The summed E-state index contributed by atoms with van der Waals surface area (Å²) in [5, 5.41) is 5.38. The van der Waals surface area contributed by atoms with Gasteiger partial charge in [-0.25, -0.2) is 9.97 Å². The van der Waals surface area contributed by atoms with Crippen LogP contribution in [0.25, 0.3) is 11.1 Å². The maximum absolute atomic E-state index is 12.7. The highest BCUT2D eigenvalue weighted by Crippen LogP contribution is 2.35. The molecular weight excluding hydrogens is 382 g/mol. The van der Waals surface area contributed by atoms with E-state index in [1.165, 1.54) is 24.2 Å². The number of hydrogen-bond donors (Lipinski definition) is 1. The Morgan fingerprint density at radius 2 is 1.90 bits per heavy atom. The van der Waals surface area contributed by atoms with Gasteiger partial charge in [0.25, 0.3) is 5.91 Å². The Balaban J connectivity index is 1.38. The second-order valence-electron chi connectivity index (χ2n) is 7.69. The smallest absolute Gasteiger partial charge is 0.263 e. The molecule has 1 aliphatic heterocycles. The van der Waals surface area contributed by atoms with Crippen molar-refractivity contribution in [3.63, 3.8) is 0 Å². The highest BCUT2D eigenvalue weighted by molar-refractivity contribution is 7.12. The van der Waals surface area contributed by atoms with E-state index in [2.05, 4.69) is 15.3 Å². The molecule has 148 valence electrons. The zero-order chi connectivity index (χ0) is 19.6. The van der Waals surface area contributed by atoms with E-state index in [-0.39, 0.29) is 5.91 Å². The van der Waals surface area contributed by atoms with Crippen LogP contribution in [0.5, 0.6) is 0 Å². The SMILES string of the molecule is O=C(c1cccs1)N1CCC(c2nc(NC3CC3)ncc2-c2ccncc2)CC1. The van der Waals surface area contributed by atoms with Crippen molar-refractivity contribution in [2.24, 2.45) is 0 Å². The summed E-state index contributed by atoms with van der Waals surface area (Å²) >= 11 is 1.51. The van der Waals surface area contributed by atoms with E-state index in [1.54, 1.807) is 12.4 Å². The Kier molecular flexibility index (Phi) is 4.97. The monoisotopic (exact) mass is 405 g/mol. The molecule has 0 bridgehead atoms. The van der Waals surface area contributed by atoms with Crippen LogP contribution in [0.2, 0.25) is 0 Å². The molecular formula is C22H23N5OS. The number of rotatable bonds is 5. The van der Waals surface area contributed by atoms with Crippen LogP contribution in [-0.4, -0.2) is 44.9 Å². The van der Waals surface area contributed by atoms with Gasteiger partial charge in [0.2, 0.25) is 5.95 Å². The maximum atomic E-state index is 12.7. The van der Waals surface area contributed by atoms with Crippen molar-refractivity contribution >= 4 is 23.2 Å². The first-order valence-corrected chi connectivity index (χ1v) is 11.0. The molecule has 29 heavy (non-hydrogen) atoms. The molecule has 2 aliphatic rings. The lowest BCUT2D eigenvalue weighted by Gasteiger charge is -2.32. The predicted octanol–water partition coefficient (Wildman–Crippen LogP) is 4.19. The number of aromatic nitrogens is 3. The molecule has 0 unspecified atom stereocenters. The van der Waals surface area contributed by atoms with Crippen LogP contribution >= 0.6 is 11.3 Å². The van der Waals surface area contributed by atoms with Crippen LogP contribution in [0.15, 0.2) is 48.2 Å². The van der Waals surface area contributed by atoms with Crippen molar-refractivity contribution in [2.45, 2.75) is 37.6 Å². The quantitative estimate of drug-likeness (QED) is 0.689. The molecule has 0 aromatic carbocycles. The van der Waals surface area contributed by atoms with Crippen LogP contribution in [0.1, 0.15) is 47.0 Å². The van der Waals surface area contributed by atoms with Crippen LogP contribution in [0.4, 0.5) is 5.95 Å². The Morgan fingerprint density at radius 1 is 1.10 bits per heavy atom. The number of carbonyl (C=O) groups is 1. The van der Waals surface area contributed by atoms with E-state index < -0.39 is 0 Å². The zero-order valence-corrected chi connectivity index (χ0v) is 16.9. The Morgan fingerprint density at radius 3 is 2.59 bits per heavy atom. The standard InChI is InChI=1S/C22H23N5OS/c28-21(19-2-1-13-29-19)27-11-7-16(8-12-27)20-18(15-5-9-23-10-6-15)14-24-22(26-20)25-17-3-4-17/h1-2,5-6,9-10,13-14,16-17H,3-4,7-8,11-12H2,(H,24,25,26). The second kappa shape index (κ2) is 7.91. The van der Waals surface area contributed by atoms with Crippen molar-refractivity contribution in [3.8, 4) is 11.1 Å². The van der Waals surface area contributed by atoms with Gasteiger partial charge in [0, 0.05) is 49.2 Å². The number of nitrogens with zero attached hydrogens (tertiary/aromatic N) is 4. The molecule has 0 radical (unpaired) electrons. The number of piperidine rings is 1. The third kappa shape index (κ3) is 4.00. The molecule has 1 amide bonds. The van der Waals surface area contributed by atoms with Crippen molar-refractivity contribution in [1.29, 1.82) is 0 Å². The van der Waals surface area contributed by atoms with Crippen molar-refractivity contribution < 1.29 is 4.79 Å². The molecule has 5 rings (SSSR count). The molecule has 2 fully saturated rings. The predicted molar refractivity (Wildman–Crippen MR) is 114 cm³/mol. The summed E-state index contributed by atoms with van der Waals surface area (Å²) in [6.07, 6.45) is 9.74. The van der Waals surface area contributed by atoms with Gasteiger partial charge < -0.3 is 10.2 Å². The number of thiophene rings is 1. The summed E-state index contributed by atoms with van der Waals surface area (Å²) in [4.78, 5) is 29.1. The van der Waals surface area contributed by atoms with Gasteiger partial charge in [-0.05, 0) is 54.8 Å². The highest BCUT2D eigenvalue weighted by atomic mass is 32.1. The Bertz CT molecular complexity index is 980. The zero-order valence-electron chi connectivity index (χ0n) is 16.1. The third-order valence-electron chi connectivity index (χ3n) is 5.62. The minimum Gasteiger partial charge on any atom is -0.351 e. The van der Waals surface area contributed by atoms with Gasteiger partial charge >= 0.3 is 0 Å². The summed E-state index contributed by atoms with van der Waals surface area (Å²) in [5.41, 5.74) is 3.24. The molecule has 3 aromatic rings. The lowest BCUT2D eigenvalue weighted by atomic mass is 9.89. The minimum absolute atomic E-state index is 0.145. The van der Waals surface area contributed by atoms with Gasteiger partial charge in [-0.15, -0.1) is 11.3 Å². The Hall–Kier alpha value is -2.80. The van der Waals surface area contributed by atoms with E-state index >= 15 is 0 Å². The molecule has 1 saturated heterocycles. The maximum Gasteiger partial charge on any atom is 0.263 e. The molecule has 0 atom stereocenters. The fraction of sp³-hybridized carbons (Fsp3) is 0.364. The molecule has 1 aliphatic carbocycles. The third-order valence-corrected chi connectivity index (χ3v) is 6.48. The number of amides is 1. The van der Waals surface area contributed by atoms with Gasteiger partial charge in [0.15, 0.2) is 0 Å². The summed E-state index contributed by atoms with van der Waals surface area (Å²) in [5.74, 6) is 1.18. The number of hydrogen-bond acceptors (Lipinski definition) is 6. The number of pyridine rings is 1. The molecule has 6 nitrogen and oxygen atoms in total. The lowest BCUT2D eigenvalue weighted by molar-refractivity contribution is 0.0717. The van der Waals surface area contributed by atoms with Gasteiger partial charge in [-0.3, -0.25) is 9.78 Å². The van der Waals surface area contributed by atoms with Crippen molar-refractivity contribution in [3.05, 3.63) is 58.8 Å². The van der Waals surface area contributed by atoms with Crippen LogP contribution in [0, 0.1) is 0 Å². The fourth-order valence-electron chi connectivity index (χ4n) is 3.85. The number of nitrogens with one attached hydrogen (secondary N) is 1. The summed E-state index contributed by atoms with van der Waals surface area (Å²) < 4.78 is 0. The first kappa shape index (κ1) is 18.2. The average molecular weight is 406 g/mol. The summed E-state index contributed by atoms with van der Waals surface area (Å²) in [6.45, 7) is 1.51. The van der Waals surface area contributed by atoms with E-state index in [0.29, 0.717) is 12.0 Å². The summed E-state index contributed by atoms with van der Waals surface area (Å²) in [6, 6.07) is 8.36. The van der Waals surface area contributed by atoms with Gasteiger partial charge in [-0.1, -0.05) is 6.07 Å². The van der Waals surface area contributed by atoms with Crippen LogP contribution < -0.4 is 5.32 Å². The van der Waals surface area contributed by atoms with E-state index in [9.17, 15) is 4.79 Å². The molecule has 0 spiro atoms. The molecule has 1 saturated carbocycles. The van der Waals surface area contributed by atoms with Gasteiger partial charge in [-0.2, -0.15) is 0 Å². The molecule has 3 aromatic heterocycles. The van der Waals surface area contributed by atoms with Gasteiger partial charge in [0.05, 0.1) is 10.6 Å². The van der Waals surface area contributed by atoms with Crippen molar-refractivity contribution in [1.82, 2.24) is 19.9 Å². The first-order chi connectivity index (χ1) is 14.3. The molecule has 7 heteroatoms. The lowest BCUT2D eigenvalue weighted by Crippen LogP contribution is -2.37. The van der Waals surface area contributed by atoms with Crippen molar-refractivity contribution in [2.75, 3.05) is 18.4 Å².